The number of hydrogen-bond donors (Lipinski definition) is 1. The van der Waals surface area contributed by atoms with Crippen LogP contribution in [0.1, 0.15) is 5.56 Å². The molecule has 20 heavy (non-hydrogen) atoms. The maximum Gasteiger partial charge on any atom is 0.339 e. The molecule has 2 heterocycles. The maximum atomic E-state index is 12.1. The smallest absolute Gasteiger partial charge is 0.339 e. The third kappa shape index (κ3) is 2.45. The Morgan fingerprint density at radius 1 is 1.30 bits per heavy atom. The van der Waals surface area contributed by atoms with Crippen LogP contribution in [0.15, 0.2) is 41.0 Å². The SMILES string of the molecule is Cc1ccc(S(=O)(=O)OC2=C[C@@H](O)[C@H]3CO[C@@H]2O3)cc1. The second-order valence-electron chi connectivity index (χ2n) is 4.75. The molecule has 1 aromatic carbocycles. The predicted octanol–water partition coefficient (Wildman–Crippen LogP) is 0.700. The van der Waals surface area contributed by atoms with Crippen LogP contribution in [0.4, 0.5) is 0 Å². The average Bonchev–Trinajstić information content (AvgIpc) is 2.82. The van der Waals surface area contributed by atoms with Gasteiger partial charge >= 0.3 is 10.1 Å². The van der Waals surface area contributed by atoms with Gasteiger partial charge < -0.3 is 18.8 Å². The summed E-state index contributed by atoms with van der Waals surface area (Å²) in [6.07, 6.45) is -0.951. The van der Waals surface area contributed by atoms with Crippen molar-refractivity contribution in [1.82, 2.24) is 0 Å². The first kappa shape index (κ1) is 13.6. The lowest BCUT2D eigenvalue weighted by Crippen LogP contribution is -2.32. The molecule has 0 amide bonds. The van der Waals surface area contributed by atoms with Crippen molar-refractivity contribution >= 4 is 10.1 Å². The summed E-state index contributed by atoms with van der Waals surface area (Å²) in [6.45, 7) is 2.07. The van der Waals surface area contributed by atoms with Crippen molar-refractivity contribution in [3.05, 3.63) is 41.7 Å². The molecule has 2 bridgehead atoms. The van der Waals surface area contributed by atoms with E-state index < -0.39 is 28.6 Å². The molecule has 0 unspecified atom stereocenters. The Bertz CT molecular complexity index is 633. The summed E-state index contributed by atoms with van der Waals surface area (Å²) in [5.41, 5.74) is 0.946. The van der Waals surface area contributed by atoms with Gasteiger partial charge in [-0.25, -0.2) is 0 Å². The highest BCUT2D eigenvalue weighted by Crippen LogP contribution is 2.30. The second kappa shape index (κ2) is 4.85. The van der Waals surface area contributed by atoms with E-state index >= 15 is 0 Å². The van der Waals surface area contributed by atoms with Gasteiger partial charge in [-0.1, -0.05) is 17.7 Å². The molecule has 1 fully saturated rings. The van der Waals surface area contributed by atoms with Gasteiger partial charge in [0.15, 0.2) is 5.76 Å². The van der Waals surface area contributed by atoms with Gasteiger partial charge in [-0.15, -0.1) is 0 Å². The molecule has 2 aliphatic rings. The van der Waals surface area contributed by atoms with Gasteiger partial charge in [0.05, 0.1) is 6.61 Å². The van der Waals surface area contributed by atoms with Crippen LogP contribution < -0.4 is 0 Å². The number of hydrogen-bond acceptors (Lipinski definition) is 6. The van der Waals surface area contributed by atoms with Crippen molar-refractivity contribution in [1.29, 1.82) is 0 Å². The van der Waals surface area contributed by atoms with Crippen LogP contribution >= 0.6 is 0 Å². The summed E-state index contributed by atoms with van der Waals surface area (Å²) >= 11 is 0. The van der Waals surface area contributed by atoms with Crippen LogP contribution in [0.2, 0.25) is 0 Å². The molecule has 1 saturated heterocycles. The minimum absolute atomic E-state index is 0.0353. The van der Waals surface area contributed by atoms with Gasteiger partial charge in [-0.05, 0) is 25.1 Å². The number of rotatable bonds is 3. The number of aryl methyl sites for hydroxylation is 1. The lowest BCUT2D eigenvalue weighted by Gasteiger charge is -2.22. The molecule has 7 heteroatoms. The molecule has 3 rings (SSSR count). The lowest BCUT2D eigenvalue weighted by atomic mass is 10.2. The van der Waals surface area contributed by atoms with Crippen LogP contribution in [-0.4, -0.2) is 38.6 Å². The van der Waals surface area contributed by atoms with Gasteiger partial charge in [0.25, 0.3) is 0 Å². The number of aliphatic hydroxyl groups is 1. The topological polar surface area (TPSA) is 82.1 Å². The van der Waals surface area contributed by atoms with E-state index in [4.69, 9.17) is 13.7 Å². The molecule has 108 valence electrons. The Hall–Kier alpha value is -1.41. The Morgan fingerprint density at radius 3 is 2.70 bits per heavy atom. The monoisotopic (exact) mass is 298 g/mol. The standard InChI is InChI=1S/C13H14O6S/c1-8-2-4-9(5-3-8)20(15,16)19-11-6-10(14)12-7-17-13(11)18-12/h2-6,10,12-14H,7H2,1H3/t10-,12-,13-/m1/s1. The van der Waals surface area contributed by atoms with Crippen molar-refractivity contribution in [3.8, 4) is 0 Å². The Balaban J connectivity index is 1.85. The number of fused-ring (bicyclic) bond motifs is 2. The minimum Gasteiger partial charge on any atom is -0.386 e. The molecule has 3 atom stereocenters. The van der Waals surface area contributed by atoms with Gasteiger partial charge in [-0.2, -0.15) is 8.42 Å². The van der Waals surface area contributed by atoms with Crippen molar-refractivity contribution in [2.45, 2.75) is 30.3 Å². The molecule has 0 saturated carbocycles. The van der Waals surface area contributed by atoms with Crippen LogP contribution in [-0.2, 0) is 23.8 Å². The molecule has 2 aliphatic heterocycles. The molecular formula is C13H14O6S. The van der Waals surface area contributed by atoms with E-state index in [1.165, 1.54) is 18.2 Å². The van der Waals surface area contributed by atoms with Crippen LogP contribution in [0.3, 0.4) is 0 Å². The third-order valence-electron chi connectivity index (χ3n) is 3.17. The molecular weight excluding hydrogens is 284 g/mol. The normalized spacial score (nSPS) is 29.1. The van der Waals surface area contributed by atoms with Crippen LogP contribution in [0, 0.1) is 6.92 Å². The molecule has 0 radical (unpaired) electrons. The fourth-order valence-corrected chi connectivity index (χ4v) is 3.00. The number of aliphatic hydroxyl groups excluding tert-OH is 1. The Morgan fingerprint density at radius 2 is 2.00 bits per heavy atom. The zero-order chi connectivity index (χ0) is 14.3. The fourth-order valence-electron chi connectivity index (χ4n) is 2.05. The first-order valence-corrected chi connectivity index (χ1v) is 7.54. The van der Waals surface area contributed by atoms with Crippen LogP contribution in [0.25, 0.3) is 0 Å². The van der Waals surface area contributed by atoms with Crippen molar-refractivity contribution < 1.29 is 27.2 Å². The molecule has 0 aliphatic carbocycles. The average molecular weight is 298 g/mol. The zero-order valence-corrected chi connectivity index (χ0v) is 11.5. The van der Waals surface area contributed by atoms with E-state index in [2.05, 4.69) is 0 Å². The highest BCUT2D eigenvalue weighted by Gasteiger charge is 2.40. The van der Waals surface area contributed by atoms with Gasteiger partial charge in [0.2, 0.25) is 6.29 Å². The predicted molar refractivity (Wildman–Crippen MR) is 68.2 cm³/mol. The van der Waals surface area contributed by atoms with E-state index in [0.717, 1.165) is 5.56 Å². The highest BCUT2D eigenvalue weighted by molar-refractivity contribution is 7.86. The van der Waals surface area contributed by atoms with E-state index in [-0.39, 0.29) is 17.3 Å². The molecule has 6 nitrogen and oxygen atoms in total. The van der Waals surface area contributed by atoms with E-state index in [0.29, 0.717) is 0 Å². The van der Waals surface area contributed by atoms with Gasteiger partial charge in [0, 0.05) is 0 Å². The number of benzene rings is 1. The molecule has 0 aromatic heterocycles. The first-order valence-electron chi connectivity index (χ1n) is 6.14. The number of ether oxygens (including phenoxy) is 2. The Kier molecular flexibility index (Phi) is 3.29. The maximum absolute atomic E-state index is 12.1. The minimum atomic E-state index is -3.96. The molecule has 0 spiro atoms. The molecule has 1 aromatic rings. The van der Waals surface area contributed by atoms with Gasteiger partial charge in [0.1, 0.15) is 17.1 Å². The quantitative estimate of drug-likeness (QED) is 0.827. The van der Waals surface area contributed by atoms with Crippen molar-refractivity contribution in [2.24, 2.45) is 0 Å². The van der Waals surface area contributed by atoms with Crippen LogP contribution in [0.5, 0.6) is 0 Å². The largest absolute Gasteiger partial charge is 0.386 e. The molecule has 1 N–H and O–H groups in total. The third-order valence-corrected chi connectivity index (χ3v) is 4.44. The fraction of sp³-hybridized carbons (Fsp3) is 0.385. The summed E-state index contributed by atoms with van der Waals surface area (Å²) in [5, 5.41) is 9.71. The van der Waals surface area contributed by atoms with E-state index in [1.807, 2.05) is 6.92 Å². The summed E-state index contributed by atoms with van der Waals surface area (Å²) < 4.78 is 39.8. The highest BCUT2D eigenvalue weighted by atomic mass is 32.2. The van der Waals surface area contributed by atoms with E-state index in [9.17, 15) is 13.5 Å². The summed E-state index contributed by atoms with van der Waals surface area (Å²) in [7, 11) is -3.96. The van der Waals surface area contributed by atoms with E-state index in [1.54, 1.807) is 12.1 Å². The summed E-state index contributed by atoms with van der Waals surface area (Å²) in [4.78, 5) is 0.0404. The zero-order valence-electron chi connectivity index (χ0n) is 10.7. The van der Waals surface area contributed by atoms with Crippen molar-refractivity contribution in [2.75, 3.05) is 6.61 Å². The van der Waals surface area contributed by atoms with Crippen molar-refractivity contribution in [3.63, 3.8) is 0 Å². The summed E-state index contributed by atoms with van der Waals surface area (Å²) in [5.74, 6) is -0.0353. The second-order valence-corrected chi connectivity index (χ2v) is 6.30. The first-order chi connectivity index (χ1) is 9.45. The Labute approximate surface area is 116 Å². The van der Waals surface area contributed by atoms with Gasteiger partial charge in [-0.3, -0.25) is 0 Å². The lowest BCUT2D eigenvalue weighted by molar-refractivity contribution is -0.0802. The summed E-state index contributed by atoms with van der Waals surface area (Å²) in [6, 6.07) is 6.28.